The molecule has 1 atom stereocenters. The van der Waals surface area contributed by atoms with Crippen LogP contribution in [-0.4, -0.2) is 6.04 Å². The third-order valence-corrected chi connectivity index (χ3v) is 2.54. The van der Waals surface area contributed by atoms with E-state index in [0.717, 1.165) is 12.8 Å². The van der Waals surface area contributed by atoms with Crippen molar-refractivity contribution in [3.05, 3.63) is 0 Å². The highest BCUT2D eigenvalue weighted by Gasteiger charge is 2.25. The first-order chi connectivity index (χ1) is 5.58. The smallest absolute Gasteiger partial charge is 0.0370 e. The van der Waals surface area contributed by atoms with Gasteiger partial charge in [-0.25, -0.2) is 0 Å². The fourth-order valence-corrected chi connectivity index (χ4v) is 1.01. The van der Waals surface area contributed by atoms with Crippen molar-refractivity contribution in [1.82, 2.24) is 5.43 Å². The van der Waals surface area contributed by atoms with Gasteiger partial charge in [0.1, 0.15) is 0 Å². The van der Waals surface area contributed by atoms with Crippen molar-refractivity contribution in [2.45, 2.75) is 46.6 Å². The predicted octanol–water partition coefficient (Wildman–Crippen LogP) is 1.67. The van der Waals surface area contributed by atoms with E-state index in [1.165, 1.54) is 0 Å². The van der Waals surface area contributed by atoms with Gasteiger partial charge < -0.3 is 0 Å². The fourth-order valence-electron chi connectivity index (χ4n) is 1.01. The van der Waals surface area contributed by atoms with E-state index in [2.05, 4.69) is 38.0 Å². The van der Waals surface area contributed by atoms with Crippen LogP contribution in [0.5, 0.6) is 0 Å². The van der Waals surface area contributed by atoms with Crippen molar-refractivity contribution in [2.24, 2.45) is 11.3 Å². The Labute approximate surface area is 75.9 Å². The van der Waals surface area contributed by atoms with Crippen LogP contribution in [-0.2, 0) is 0 Å². The molecule has 0 saturated heterocycles. The van der Waals surface area contributed by atoms with E-state index in [1.54, 1.807) is 0 Å². The van der Waals surface area contributed by atoms with Gasteiger partial charge in [0.05, 0.1) is 0 Å². The molecule has 2 nitrogen and oxygen atoms in total. The lowest BCUT2D eigenvalue weighted by Crippen LogP contribution is -2.45. The zero-order chi connectivity index (χ0) is 9.61. The minimum atomic E-state index is 0.221. The molecule has 70 valence electrons. The summed E-state index contributed by atoms with van der Waals surface area (Å²) in [5.74, 6) is 11.4. The molecule has 1 unspecified atom stereocenters. The Morgan fingerprint density at radius 2 is 2.08 bits per heavy atom. The lowest BCUT2D eigenvalue weighted by molar-refractivity contribution is 0.236. The van der Waals surface area contributed by atoms with Crippen molar-refractivity contribution in [1.29, 1.82) is 0 Å². The molecular formula is C10H20N2. The quantitative estimate of drug-likeness (QED) is 0.381. The highest BCUT2D eigenvalue weighted by molar-refractivity contribution is 5.00. The summed E-state index contributed by atoms with van der Waals surface area (Å²) in [4.78, 5) is 0. The van der Waals surface area contributed by atoms with E-state index in [4.69, 9.17) is 5.84 Å². The standard InChI is InChI=1S/C10H20N2/c1-5-7-8-9(12-11)10(3,4)6-2/h9,12H,6,8,11H2,1-4H3. The Hall–Kier alpha value is -0.520. The Kier molecular flexibility index (Phi) is 4.96. The molecule has 2 heteroatoms. The van der Waals surface area contributed by atoms with Gasteiger partial charge in [0.15, 0.2) is 0 Å². The van der Waals surface area contributed by atoms with E-state index >= 15 is 0 Å². The SMILES string of the molecule is CC#CCC(NN)C(C)(C)CC. The van der Waals surface area contributed by atoms with Crippen molar-refractivity contribution >= 4 is 0 Å². The van der Waals surface area contributed by atoms with Crippen molar-refractivity contribution < 1.29 is 0 Å². The second kappa shape index (κ2) is 5.18. The first kappa shape index (κ1) is 11.5. The summed E-state index contributed by atoms with van der Waals surface area (Å²) in [6, 6.07) is 0.287. The summed E-state index contributed by atoms with van der Waals surface area (Å²) in [5.41, 5.74) is 3.05. The maximum Gasteiger partial charge on any atom is 0.0370 e. The molecule has 0 aromatic rings. The molecule has 0 spiro atoms. The molecule has 0 aliphatic carbocycles. The van der Waals surface area contributed by atoms with Gasteiger partial charge in [0.2, 0.25) is 0 Å². The maximum absolute atomic E-state index is 5.46. The molecule has 0 aromatic heterocycles. The monoisotopic (exact) mass is 168 g/mol. The molecule has 0 fully saturated rings. The molecule has 0 heterocycles. The zero-order valence-electron chi connectivity index (χ0n) is 8.57. The van der Waals surface area contributed by atoms with Crippen LogP contribution in [0.25, 0.3) is 0 Å². The molecular weight excluding hydrogens is 148 g/mol. The molecule has 0 aliphatic heterocycles. The third-order valence-electron chi connectivity index (χ3n) is 2.54. The van der Waals surface area contributed by atoms with Crippen LogP contribution >= 0.6 is 0 Å². The van der Waals surface area contributed by atoms with Crippen LogP contribution in [0, 0.1) is 17.3 Å². The number of rotatable bonds is 4. The van der Waals surface area contributed by atoms with Gasteiger partial charge in [0.25, 0.3) is 0 Å². The van der Waals surface area contributed by atoms with E-state index in [9.17, 15) is 0 Å². The summed E-state index contributed by atoms with van der Waals surface area (Å²) in [6.07, 6.45) is 1.93. The number of hydrogen-bond donors (Lipinski definition) is 2. The summed E-state index contributed by atoms with van der Waals surface area (Å²) in [6.45, 7) is 8.43. The second-order valence-corrected chi connectivity index (χ2v) is 3.69. The molecule has 0 aliphatic rings. The van der Waals surface area contributed by atoms with Crippen LogP contribution < -0.4 is 11.3 Å². The van der Waals surface area contributed by atoms with Gasteiger partial charge >= 0.3 is 0 Å². The number of nitrogens with two attached hydrogens (primary N) is 1. The summed E-state index contributed by atoms with van der Waals surface area (Å²) in [5, 5.41) is 0. The van der Waals surface area contributed by atoms with Gasteiger partial charge in [0, 0.05) is 12.5 Å². The highest BCUT2D eigenvalue weighted by Crippen LogP contribution is 2.25. The molecule has 0 radical (unpaired) electrons. The van der Waals surface area contributed by atoms with Gasteiger partial charge in [-0.15, -0.1) is 11.8 Å². The molecule has 0 amide bonds. The topological polar surface area (TPSA) is 38.0 Å². The van der Waals surface area contributed by atoms with Crippen LogP contribution in [0.2, 0.25) is 0 Å². The average Bonchev–Trinajstić information content (AvgIpc) is 2.05. The lowest BCUT2D eigenvalue weighted by Gasteiger charge is -2.31. The van der Waals surface area contributed by atoms with E-state index < -0.39 is 0 Å². The predicted molar refractivity (Wildman–Crippen MR) is 53.3 cm³/mol. The highest BCUT2D eigenvalue weighted by atomic mass is 15.2. The first-order valence-corrected chi connectivity index (χ1v) is 4.44. The second-order valence-electron chi connectivity index (χ2n) is 3.69. The lowest BCUT2D eigenvalue weighted by atomic mass is 9.81. The number of hydrogen-bond acceptors (Lipinski definition) is 2. The van der Waals surface area contributed by atoms with E-state index in [-0.39, 0.29) is 11.5 Å². The third kappa shape index (κ3) is 3.25. The minimum absolute atomic E-state index is 0.221. The van der Waals surface area contributed by atoms with Crippen LogP contribution in [0.4, 0.5) is 0 Å². The summed E-state index contributed by atoms with van der Waals surface area (Å²) >= 11 is 0. The molecule has 0 aromatic carbocycles. The van der Waals surface area contributed by atoms with Crippen molar-refractivity contribution in [3.8, 4) is 11.8 Å². The minimum Gasteiger partial charge on any atom is -0.271 e. The Bertz CT molecular complexity index is 174. The molecule has 0 bridgehead atoms. The van der Waals surface area contributed by atoms with Gasteiger partial charge in [-0.2, -0.15) is 0 Å². The number of hydrazine groups is 1. The maximum atomic E-state index is 5.46. The van der Waals surface area contributed by atoms with Crippen molar-refractivity contribution in [3.63, 3.8) is 0 Å². The zero-order valence-corrected chi connectivity index (χ0v) is 8.57. The van der Waals surface area contributed by atoms with Gasteiger partial charge in [-0.3, -0.25) is 11.3 Å². The Morgan fingerprint density at radius 3 is 2.42 bits per heavy atom. The normalized spacial score (nSPS) is 13.4. The fraction of sp³-hybridized carbons (Fsp3) is 0.800. The van der Waals surface area contributed by atoms with Gasteiger partial charge in [-0.1, -0.05) is 20.8 Å². The summed E-state index contributed by atoms with van der Waals surface area (Å²) < 4.78 is 0. The van der Waals surface area contributed by atoms with Crippen LogP contribution in [0.15, 0.2) is 0 Å². The average molecular weight is 168 g/mol. The van der Waals surface area contributed by atoms with Crippen LogP contribution in [0.1, 0.15) is 40.5 Å². The van der Waals surface area contributed by atoms with E-state index in [0.29, 0.717) is 0 Å². The molecule has 3 N–H and O–H groups in total. The molecule has 12 heavy (non-hydrogen) atoms. The summed E-state index contributed by atoms with van der Waals surface area (Å²) in [7, 11) is 0. The Balaban J connectivity index is 4.19. The molecule has 0 rings (SSSR count). The number of nitrogens with one attached hydrogen (secondary N) is 1. The Morgan fingerprint density at radius 1 is 1.50 bits per heavy atom. The van der Waals surface area contributed by atoms with E-state index in [1.807, 2.05) is 6.92 Å². The van der Waals surface area contributed by atoms with Gasteiger partial charge in [-0.05, 0) is 18.8 Å². The molecule has 0 saturated carbocycles. The largest absolute Gasteiger partial charge is 0.271 e. The first-order valence-electron chi connectivity index (χ1n) is 4.44. The van der Waals surface area contributed by atoms with Crippen LogP contribution in [0.3, 0.4) is 0 Å². The van der Waals surface area contributed by atoms with Crippen molar-refractivity contribution in [2.75, 3.05) is 0 Å².